The Balaban J connectivity index is 1.80. The number of amides is 1. The molecule has 134 valence electrons. The van der Waals surface area contributed by atoms with Gasteiger partial charge in [-0.05, 0) is 48.7 Å². The van der Waals surface area contributed by atoms with E-state index in [9.17, 15) is 18.0 Å². The van der Waals surface area contributed by atoms with Crippen LogP contribution >= 0.6 is 0 Å². The second kappa shape index (κ2) is 8.05. The lowest BCUT2D eigenvalue weighted by Gasteiger charge is -2.11. The van der Waals surface area contributed by atoms with Gasteiger partial charge in [0.05, 0.1) is 18.6 Å². The smallest absolute Gasteiger partial charge is 0.416 e. The van der Waals surface area contributed by atoms with Gasteiger partial charge in [0.1, 0.15) is 5.75 Å². The fraction of sp³-hybridized carbons (Fsp3) is 0.316. The molecule has 25 heavy (non-hydrogen) atoms. The van der Waals surface area contributed by atoms with Crippen LogP contribution in [0, 0.1) is 13.8 Å². The summed E-state index contributed by atoms with van der Waals surface area (Å²) in [6.07, 6.45) is -4.26. The Kier molecular flexibility index (Phi) is 6.07. The quantitative estimate of drug-likeness (QED) is 0.837. The summed E-state index contributed by atoms with van der Waals surface area (Å²) >= 11 is 0. The fourth-order valence-corrected chi connectivity index (χ4v) is 2.26. The summed E-state index contributed by atoms with van der Waals surface area (Å²) in [6.45, 7) is 4.13. The molecular formula is C19H20F3NO2. The molecule has 3 nitrogen and oxygen atoms in total. The number of carbonyl (C=O) groups is 1. The first-order valence-electron chi connectivity index (χ1n) is 7.88. The first-order valence-corrected chi connectivity index (χ1v) is 7.88. The van der Waals surface area contributed by atoms with Crippen LogP contribution in [0.25, 0.3) is 0 Å². The summed E-state index contributed by atoms with van der Waals surface area (Å²) in [5, 5.41) is 2.60. The van der Waals surface area contributed by atoms with Crippen molar-refractivity contribution in [3.05, 3.63) is 64.7 Å². The number of nitrogens with one attached hydrogen (secondary N) is 1. The molecule has 2 aromatic carbocycles. The maximum atomic E-state index is 12.7. The van der Waals surface area contributed by atoms with Crippen LogP contribution in [0.1, 0.15) is 28.7 Å². The van der Waals surface area contributed by atoms with Crippen LogP contribution in [0.4, 0.5) is 13.2 Å². The molecule has 0 saturated heterocycles. The summed E-state index contributed by atoms with van der Waals surface area (Å²) in [5.74, 6) is 0.452. The number of ether oxygens (including phenoxy) is 1. The lowest BCUT2D eigenvalue weighted by atomic mass is 10.1. The molecule has 0 bridgehead atoms. The maximum Gasteiger partial charge on any atom is 0.416 e. The van der Waals surface area contributed by atoms with Gasteiger partial charge in [0.25, 0.3) is 0 Å². The Bertz CT molecular complexity index is 742. The fourth-order valence-electron chi connectivity index (χ4n) is 2.26. The molecular weight excluding hydrogens is 331 g/mol. The van der Waals surface area contributed by atoms with E-state index in [1.807, 2.05) is 32.0 Å². The van der Waals surface area contributed by atoms with Gasteiger partial charge < -0.3 is 10.1 Å². The van der Waals surface area contributed by atoms with E-state index >= 15 is 0 Å². The molecule has 0 saturated carbocycles. The Morgan fingerprint density at radius 2 is 1.88 bits per heavy atom. The third kappa shape index (κ3) is 5.81. The lowest BCUT2D eigenvalue weighted by molar-refractivity contribution is -0.137. The van der Waals surface area contributed by atoms with Crippen molar-refractivity contribution >= 4 is 5.91 Å². The van der Waals surface area contributed by atoms with Gasteiger partial charge in [-0.25, -0.2) is 0 Å². The molecule has 0 spiro atoms. The van der Waals surface area contributed by atoms with E-state index in [4.69, 9.17) is 4.74 Å². The topological polar surface area (TPSA) is 38.3 Å². The standard InChI is InChI=1S/C19H20F3NO2/c1-13-6-7-14(2)17(10-13)25-9-8-18(24)23-12-15-4-3-5-16(11-15)19(20,21)22/h3-7,10-11H,8-9,12H2,1-2H3,(H,23,24). The summed E-state index contributed by atoms with van der Waals surface area (Å²) in [4.78, 5) is 11.8. The summed E-state index contributed by atoms with van der Waals surface area (Å²) < 4.78 is 43.5. The summed E-state index contributed by atoms with van der Waals surface area (Å²) in [6, 6.07) is 10.7. The molecule has 1 amide bonds. The van der Waals surface area contributed by atoms with Crippen molar-refractivity contribution in [1.29, 1.82) is 0 Å². The number of carbonyl (C=O) groups excluding carboxylic acids is 1. The predicted molar refractivity (Wildman–Crippen MR) is 89.3 cm³/mol. The number of benzene rings is 2. The third-order valence-corrected chi connectivity index (χ3v) is 3.67. The van der Waals surface area contributed by atoms with Crippen LogP contribution in [0.2, 0.25) is 0 Å². The molecule has 0 unspecified atom stereocenters. The van der Waals surface area contributed by atoms with Gasteiger partial charge in [-0.1, -0.05) is 24.3 Å². The van der Waals surface area contributed by atoms with Crippen LogP contribution in [-0.4, -0.2) is 12.5 Å². The average Bonchev–Trinajstić information content (AvgIpc) is 2.55. The van der Waals surface area contributed by atoms with Crippen LogP contribution in [0.15, 0.2) is 42.5 Å². The van der Waals surface area contributed by atoms with E-state index in [1.165, 1.54) is 6.07 Å². The van der Waals surface area contributed by atoms with E-state index in [2.05, 4.69) is 5.32 Å². The highest BCUT2D eigenvalue weighted by Gasteiger charge is 2.30. The van der Waals surface area contributed by atoms with Crippen molar-refractivity contribution in [3.8, 4) is 5.75 Å². The highest BCUT2D eigenvalue weighted by molar-refractivity contribution is 5.76. The SMILES string of the molecule is Cc1ccc(C)c(OCCC(=O)NCc2cccc(C(F)(F)F)c2)c1. The second-order valence-electron chi connectivity index (χ2n) is 5.84. The maximum absolute atomic E-state index is 12.7. The molecule has 2 aromatic rings. The molecule has 1 N–H and O–H groups in total. The number of halogens is 3. The molecule has 0 fully saturated rings. The highest BCUT2D eigenvalue weighted by atomic mass is 19.4. The number of hydrogen-bond acceptors (Lipinski definition) is 2. The van der Waals surface area contributed by atoms with Gasteiger partial charge in [0.15, 0.2) is 0 Å². The molecule has 0 atom stereocenters. The zero-order chi connectivity index (χ0) is 18.4. The van der Waals surface area contributed by atoms with Crippen molar-refractivity contribution in [2.45, 2.75) is 33.0 Å². The minimum atomic E-state index is -4.39. The van der Waals surface area contributed by atoms with E-state index < -0.39 is 11.7 Å². The highest BCUT2D eigenvalue weighted by Crippen LogP contribution is 2.29. The van der Waals surface area contributed by atoms with Crippen molar-refractivity contribution in [3.63, 3.8) is 0 Å². The summed E-state index contributed by atoms with van der Waals surface area (Å²) in [7, 11) is 0. The first-order chi connectivity index (χ1) is 11.8. The Morgan fingerprint density at radius 1 is 1.12 bits per heavy atom. The number of hydrogen-bond donors (Lipinski definition) is 1. The van der Waals surface area contributed by atoms with E-state index in [0.29, 0.717) is 5.56 Å². The normalized spacial score (nSPS) is 11.2. The number of aryl methyl sites for hydroxylation is 2. The minimum absolute atomic E-state index is 0.0478. The summed E-state index contributed by atoms with van der Waals surface area (Å²) in [5.41, 5.74) is 1.72. The van der Waals surface area contributed by atoms with E-state index in [-0.39, 0.29) is 25.5 Å². The lowest BCUT2D eigenvalue weighted by Crippen LogP contribution is -2.24. The van der Waals surface area contributed by atoms with Crippen LogP contribution in [0.3, 0.4) is 0 Å². The van der Waals surface area contributed by atoms with E-state index in [0.717, 1.165) is 29.0 Å². The minimum Gasteiger partial charge on any atom is -0.493 e. The third-order valence-electron chi connectivity index (χ3n) is 3.67. The molecule has 6 heteroatoms. The van der Waals surface area contributed by atoms with Crippen molar-refractivity contribution in [2.24, 2.45) is 0 Å². The first kappa shape index (κ1) is 18.8. The molecule has 0 heterocycles. The molecule has 0 aliphatic rings. The van der Waals surface area contributed by atoms with Gasteiger partial charge in [-0.3, -0.25) is 4.79 Å². The van der Waals surface area contributed by atoms with Crippen LogP contribution in [0.5, 0.6) is 5.75 Å². The second-order valence-corrected chi connectivity index (χ2v) is 5.84. The van der Waals surface area contributed by atoms with Gasteiger partial charge in [-0.2, -0.15) is 13.2 Å². The monoisotopic (exact) mass is 351 g/mol. The zero-order valence-corrected chi connectivity index (χ0v) is 14.1. The van der Waals surface area contributed by atoms with Crippen molar-refractivity contribution < 1.29 is 22.7 Å². The van der Waals surface area contributed by atoms with Gasteiger partial charge >= 0.3 is 6.18 Å². The number of rotatable bonds is 6. The Morgan fingerprint density at radius 3 is 2.60 bits per heavy atom. The Hall–Kier alpha value is -2.50. The molecule has 0 aliphatic carbocycles. The molecule has 2 rings (SSSR count). The van der Waals surface area contributed by atoms with E-state index in [1.54, 1.807) is 6.07 Å². The predicted octanol–water partition coefficient (Wildman–Crippen LogP) is 4.41. The van der Waals surface area contributed by atoms with Crippen molar-refractivity contribution in [1.82, 2.24) is 5.32 Å². The van der Waals surface area contributed by atoms with Crippen LogP contribution < -0.4 is 10.1 Å². The number of alkyl halides is 3. The largest absolute Gasteiger partial charge is 0.493 e. The van der Waals surface area contributed by atoms with Gasteiger partial charge in [0, 0.05) is 6.54 Å². The average molecular weight is 351 g/mol. The van der Waals surface area contributed by atoms with Gasteiger partial charge in [0.2, 0.25) is 5.91 Å². The van der Waals surface area contributed by atoms with Gasteiger partial charge in [-0.15, -0.1) is 0 Å². The molecule has 0 aromatic heterocycles. The van der Waals surface area contributed by atoms with Crippen molar-refractivity contribution in [2.75, 3.05) is 6.61 Å². The Labute approximate surface area is 144 Å². The zero-order valence-electron chi connectivity index (χ0n) is 14.1. The molecule has 0 aliphatic heterocycles. The molecule has 0 radical (unpaired) electrons. The van der Waals surface area contributed by atoms with Crippen LogP contribution in [-0.2, 0) is 17.5 Å².